The minimum Gasteiger partial charge on any atom is -0.461 e. The van der Waals surface area contributed by atoms with E-state index in [1.54, 1.807) is 24.5 Å². The van der Waals surface area contributed by atoms with E-state index in [4.69, 9.17) is 9.56 Å². The Kier molecular flexibility index (Phi) is 7.08. The number of carbonyl (C=O) groups excluding carboxylic acids is 1. The summed E-state index contributed by atoms with van der Waals surface area (Å²) in [4.78, 5) is 12.6. The summed E-state index contributed by atoms with van der Waals surface area (Å²) in [7, 11) is -3.73. The van der Waals surface area contributed by atoms with Crippen LogP contribution in [-0.4, -0.2) is 41.4 Å². The van der Waals surface area contributed by atoms with Gasteiger partial charge in [0.25, 0.3) is 0 Å². The number of amides is 1. The van der Waals surface area contributed by atoms with Gasteiger partial charge in [0.2, 0.25) is 21.8 Å². The van der Waals surface area contributed by atoms with Crippen molar-refractivity contribution in [1.82, 2.24) is 20.1 Å². The molecule has 0 spiro atoms. The van der Waals surface area contributed by atoms with Crippen LogP contribution in [0.15, 0.2) is 99.6 Å². The average molecular weight is 534 g/mol. The van der Waals surface area contributed by atoms with E-state index in [2.05, 4.69) is 15.5 Å². The summed E-state index contributed by atoms with van der Waals surface area (Å²) in [6.07, 6.45) is 2.14. The number of benzene rings is 3. The van der Waals surface area contributed by atoms with Gasteiger partial charge in [-0.05, 0) is 47.7 Å². The van der Waals surface area contributed by atoms with Crippen LogP contribution in [0.2, 0.25) is 0 Å². The van der Waals surface area contributed by atoms with Crippen LogP contribution < -0.4 is 10.5 Å². The molecule has 0 aliphatic carbocycles. The Labute approximate surface area is 217 Å². The lowest BCUT2D eigenvalue weighted by molar-refractivity contribution is -0.118. The molecule has 0 fully saturated rings. The third kappa shape index (κ3) is 5.58. The molecule has 37 heavy (non-hydrogen) atoms. The van der Waals surface area contributed by atoms with Crippen LogP contribution in [0.1, 0.15) is 5.56 Å². The van der Waals surface area contributed by atoms with Crippen LogP contribution in [0.4, 0.5) is 0 Å². The third-order valence-corrected chi connectivity index (χ3v) is 7.56. The summed E-state index contributed by atoms with van der Waals surface area (Å²) >= 11 is 1.28. The van der Waals surface area contributed by atoms with Crippen molar-refractivity contribution in [3.8, 4) is 17.3 Å². The number of nitrogens with zero attached hydrogens (tertiary/aromatic N) is 3. The number of nitrogens with one attached hydrogen (secondary N) is 1. The number of sulfonamides is 1. The van der Waals surface area contributed by atoms with Crippen molar-refractivity contribution in [2.24, 2.45) is 5.14 Å². The van der Waals surface area contributed by atoms with E-state index in [1.807, 2.05) is 53.1 Å². The van der Waals surface area contributed by atoms with E-state index in [0.717, 1.165) is 22.0 Å². The summed E-state index contributed by atoms with van der Waals surface area (Å²) in [5, 5.41) is 19.4. The number of fused-ring (bicyclic) bond motifs is 1. The third-order valence-electron chi connectivity index (χ3n) is 5.70. The zero-order chi connectivity index (χ0) is 25.8. The molecular weight excluding hydrogens is 510 g/mol. The second-order valence-electron chi connectivity index (χ2n) is 8.19. The predicted octanol–water partition coefficient (Wildman–Crippen LogP) is 3.78. The molecule has 0 unspecified atom stereocenters. The lowest BCUT2D eigenvalue weighted by Gasteiger charge is -2.12. The van der Waals surface area contributed by atoms with Gasteiger partial charge in [0.1, 0.15) is 0 Å². The first-order valence-corrected chi connectivity index (χ1v) is 13.9. The molecule has 11 heteroatoms. The van der Waals surface area contributed by atoms with E-state index in [9.17, 15) is 13.2 Å². The van der Waals surface area contributed by atoms with Gasteiger partial charge in [0.15, 0.2) is 10.9 Å². The van der Waals surface area contributed by atoms with Crippen molar-refractivity contribution in [2.75, 3.05) is 12.3 Å². The van der Waals surface area contributed by atoms with Crippen molar-refractivity contribution < 1.29 is 17.6 Å². The maximum atomic E-state index is 12.6. The van der Waals surface area contributed by atoms with Crippen LogP contribution in [0.3, 0.4) is 0 Å². The minimum atomic E-state index is -3.73. The van der Waals surface area contributed by atoms with Gasteiger partial charge in [-0.2, -0.15) is 0 Å². The van der Waals surface area contributed by atoms with Crippen molar-refractivity contribution >= 4 is 38.5 Å². The fraction of sp³-hybridized carbons (Fsp3) is 0.115. The molecule has 5 aromatic rings. The summed E-state index contributed by atoms with van der Waals surface area (Å²) in [5.74, 6) is 1.11. The quantitative estimate of drug-likeness (QED) is 0.276. The van der Waals surface area contributed by atoms with E-state index in [0.29, 0.717) is 29.7 Å². The molecule has 0 aliphatic heterocycles. The molecule has 3 aromatic carbocycles. The number of aromatic nitrogens is 3. The largest absolute Gasteiger partial charge is 0.461 e. The average Bonchev–Trinajstić information content (AvgIpc) is 3.57. The van der Waals surface area contributed by atoms with Crippen LogP contribution in [0.25, 0.3) is 28.0 Å². The highest BCUT2D eigenvalue weighted by Crippen LogP contribution is 2.32. The molecule has 0 atom stereocenters. The molecule has 9 nitrogen and oxygen atoms in total. The molecule has 2 aromatic heterocycles. The maximum Gasteiger partial charge on any atom is 0.238 e. The molecule has 3 N–H and O–H groups in total. The standard InChI is InChI=1S/C26H23N5O4S2/c27-37(33,34)20-12-10-18(11-13-20)14-15-28-24(32)17-36-26-30-29-25(23-9-4-16-35-23)31(26)22-8-3-6-19-5-1-2-7-21(19)22/h1-13,16H,14-15,17H2,(H,28,32)(H2,27,33,34). The monoisotopic (exact) mass is 533 g/mol. The first-order chi connectivity index (χ1) is 17.9. The number of hydrogen-bond acceptors (Lipinski definition) is 7. The van der Waals surface area contributed by atoms with Gasteiger partial charge in [0.05, 0.1) is 22.6 Å². The molecule has 0 aliphatic rings. The number of carbonyl (C=O) groups is 1. The topological polar surface area (TPSA) is 133 Å². The summed E-state index contributed by atoms with van der Waals surface area (Å²) in [5.41, 5.74) is 1.78. The van der Waals surface area contributed by atoms with Crippen molar-refractivity contribution in [3.63, 3.8) is 0 Å². The number of thioether (sulfide) groups is 1. The maximum absolute atomic E-state index is 12.6. The number of hydrogen-bond donors (Lipinski definition) is 2. The number of nitrogens with two attached hydrogens (primary N) is 1. The van der Waals surface area contributed by atoms with Crippen LogP contribution in [0, 0.1) is 0 Å². The first-order valence-electron chi connectivity index (χ1n) is 11.4. The van der Waals surface area contributed by atoms with Crippen molar-refractivity contribution in [3.05, 3.63) is 90.7 Å². The Hall–Kier alpha value is -3.93. The fourth-order valence-electron chi connectivity index (χ4n) is 3.92. The number of rotatable bonds is 9. The number of furan rings is 1. The summed E-state index contributed by atoms with van der Waals surface area (Å²) in [6, 6.07) is 23.9. The Bertz CT molecular complexity index is 1640. The van der Waals surface area contributed by atoms with Gasteiger partial charge >= 0.3 is 0 Å². The van der Waals surface area contributed by atoms with Crippen LogP contribution >= 0.6 is 11.8 Å². The Balaban J connectivity index is 1.29. The zero-order valence-electron chi connectivity index (χ0n) is 19.6. The molecule has 0 bridgehead atoms. The predicted molar refractivity (Wildman–Crippen MR) is 142 cm³/mol. The molecule has 5 rings (SSSR count). The smallest absolute Gasteiger partial charge is 0.238 e. The normalized spacial score (nSPS) is 11.6. The number of primary sulfonamides is 1. The minimum absolute atomic E-state index is 0.0564. The fourth-order valence-corrected chi connectivity index (χ4v) is 5.21. The van der Waals surface area contributed by atoms with Gasteiger partial charge in [-0.3, -0.25) is 9.36 Å². The van der Waals surface area contributed by atoms with Gasteiger partial charge < -0.3 is 9.73 Å². The van der Waals surface area contributed by atoms with Gasteiger partial charge in [-0.25, -0.2) is 13.6 Å². The summed E-state index contributed by atoms with van der Waals surface area (Å²) < 4.78 is 30.3. The molecule has 0 saturated carbocycles. The van der Waals surface area contributed by atoms with Gasteiger partial charge in [-0.1, -0.05) is 60.3 Å². The van der Waals surface area contributed by atoms with Gasteiger partial charge in [-0.15, -0.1) is 10.2 Å². The highest BCUT2D eigenvalue weighted by molar-refractivity contribution is 7.99. The highest BCUT2D eigenvalue weighted by atomic mass is 32.2. The van der Waals surface area contributed by atoms with E-state index < -0.39 is 10.0 Å². The Morgan fingerprint density at radius 1 is 0.973 bits per heavy atom. The molecule has 0 radical (unpaired) electrons. The van der Waals surface area contributed by atoms with Crippen LogP contribution in [-0.2, 0) is 21.2 Å². The molecular formula is C26H23N5O4S2. The molecule has 0 saturated heterocycles. The van der Waals surface area contributed by atoms with E-state index in [-0.39, 0.29) is 16.6 Å². The second-order valence-corrected chi connectivity index (χ2v) is 10.7. The second kappa shape index (κ2) is 10.6. The van der Waals surface area contributed by atoms with E-state index >= 15 is 0 Å². The SMILES string of the molecule is NS(=O)(=O)c1ccc(CCNC(=O)CSc2nnc(-c3ccco3)n2-c2cccc3ccccc23)cc1. The highest BCUT2D eigenvalue weighted by Gasteiger charge is 2.20. The first kappa shape index (κ1) is 24.8. The molecule has 188 valence electrons. The lowest BCUT2D eigenvalue weighted by atomic mass is 10.1. The Morgan fingerprint density at radius 3 is 2.51 bits per heavy atom. The summed E-state index contributed by atoms with van der Waals surface area (Å²) in [6.45, 7) is 0.405. The van der Waals surface area contributed by atoms with Crippen molar-refractivity contribution in [2.45, 2.75) is 16.5 Å². The van der Waals surface area contributed by atoms with Gasteiger partial charge in [0, 0.05) is 11.9 Å². The Morgan fingerprint density at radius 2 is 1.76 bits per heavy atom. The zero-order valence-corrected chi connectivity index (χ0v) is 21.2. The van der Waals surface area contributed by atoms with Crippen molar-refractivity contribution in [1.29, 1.82) is 0 Å². The van der Waals surface area contributed by atoms with E-state index in [1.165, 1.54) is 23.9 Å². The lowest BCUT2D eigenvalue weighted by Crippen LogP contribution is -2.27. The van der Waals surface area contributed by atoms with Crippen LogP contribution in [0.5, 0.6) is 0 Å². The molecule has 1 amide bonds. The molecule has 2 heterocycles.